The van der Waals surface area contributed by atoms with E-state index in [1.54, 1.807) is 6.92 Å². The number of rotatable bonds is 2. The van der Waals surface area contributed by atoms with Gasteiger partial charge in [-0.3, -0.25) is 4.72 Å². The Morgan fingerprint density at radius 2 is 1.81 bits per heavy atom. The van der Waals surface area contributed by atoms with Gasteiger partial charge in [0.1, 0.15) is 5.82 Å². The van der Waals surface area contributed by atoms with Gasteiger partial charge in [0, 0.05) is 0 Å². The summed E-state index contributed by atoms with van der Waals surface area (Å²) in [4.78, 5) is 0. The molecule has 0 fully saturated rings. The van der Waals surface area contributed by atoms with Crippen molar-refractivity contribution in [2.24, 2.45) is 0 Å². The summed E-state index contributed by atoms with van der Waals surface area (Å²) in [5.74, 6) is -0.494. The number of hydrogen-bond donors (Lipinski definition) is 1. The highest BCUT2D eigenvalue weighted by Gasteiger charge is 2.10. The van der Waals surface area contributed by atoms with E-state index >= 15 is 0 Å². The molecule has 1 rings (SSSR count). The Labute approximate surface area is 101 Å². The highest BCUT2D eigenvalue weighted by Crippen LogP contribution is 2.27. The third-order valence-electron chi connectivity index (χ3n) is 1.54. The molecule has 0 spiro atoms. The van der Waals surface area contributed by atoms with Crippen LogP contribution in [0, 0.1) is 12.7 Å². The van der Waals surface area contributed by atoms with Crippen LogP contribution < -0.4 is 4.72 Å². The van der Waals surface area contributed by atoms with E-state index < -0.39 is 15.8 Å². The molecule has 0 heterocycles. The van der Waals surface area contributed by atoms with Crippen molar-refractivity contribution in [3.63, 3.8) is 0 Å². The van der Waals surface area contributed by atoms with Crippen molar-refractivity contribution in [1.29, 1.82) is 0 Å². The normalized spacial score (nSPS) is 10.4. The second-order valence-corrected chi connectivity index (χ2v) is 5.11. The van der Waals surface area contributed by atoms with Crippen LogP contribution in [-0.4, -0.2) is 14.7 Å². The Bertz CT molecular complexity index is 437. The molecule has 1 aromatic rings. The molecule has 92 valence electrons. The summed E-state index contributed by atoms with van der Waals surface area (Å²) in [7, 11) is -3.39. The van der Waals surface area contributed by atoms with Gasteiger partial charge < -0.3 is 0 Å². The Kier molecular flexibility index (Phi) is 5.75. The minimum Gasteiger partial charge on any atom is -0.282 e. The summed E-state index contributed by atoms with van der Waals surface area (Å²) in [6.45, 7) is 5.57. The molecule has 0 aliphatic heterocycles. The predicted octanol–water partition coefficient (Wildman–Crippen LogP) is 3.19. The number of aryl methyl sites for hydroxylation is 1. The minimum atomic E-state index is -3.39. The summed E-state index contributed by atoms with van der Waals surface area (Å²) >= 11 is 5.67. The van der Waals surface area contributed by atoms with Gasteiger partial charge in [-0.1, -0.05) is 25.4 Å². The van der Waals surface area contributed by atoms with Gasteiger partial charge in [0.05, 0.1) is 17.0 Å². The van der Waals surface area contributed by atoms with Crippen LogP contribution >= 0.6 is 11.6 Å². The lowest BCUT2D eigenvalue weighted by molar-refractivity contribution is 0.606. The lowest BCUT2D eigenvalue weighted by Gasteiger charge is -2.09. The van der Waals surface area contributed by atoms with Crippen molar-refractivity contribution in [2.75, 3.05) is 11.0 Å². The molecule has 0 bridgehead atoms. The highest BCUT2D eigenvalue weighted by molar-refractivity contribution is 7.92. The summed E-state index contributed by atoms with van der Waals surface area (Å²) in [6.07, 6.45) is 1.01. The zero-order valence-corrected chi connectivity index (χ0v) is 11.2. The van der Waals surface area contributed by atoms with Crippen LogP contribution in [0.5, 0.6) is 0 Å². The molecule has 1 N–H and O–H groups in total. The maximum absolute atomic E-state index is 12.8. The molecule has 1 aromatic carbocycles. The largest absolute Gasteiger partial charge is 0.282 e. The Morgan fingerprint density at radius 3 is 2.19 bits per heavy atom. The van der Waals surface area contributed by atoms with E-state index in [1.165, 1.54) is 6.07 Å². The van der Waals surface area contributed by atoms with E-state index in [4.69, 9.17) is 11.6 Å². The Balaban J connectivity index is 0.00000106. The zero-order valence-electron chi connectivity index (χ0n) is 9.64. The van der Waals surface area contributed by atoms with Crippen molar-refractivity contribution in [3.8, 4) is 0 Å². The lowest BCUT2D eigenvalue weighted by atomic mass is 10.2. The number of halogens is 2. The fourth-order valence-corrected chi connectivity index (χ4v) is 2.02. The lowest BCUT2D eigenvalue weighted by Crippen LogP contribution is -2.11. The molecular formula is C10H15ClFNO2S. The van der Waals surface area contributed by atoms with E-state index in [0.717, 1.165) is 12.3 Å². The van der Waals surface area contributed by atoms with Crippen LogP contribution in [0.3, 0.4) is 0 Å². The summed E-state index contributed by atoms with van der Waals surface area (Å²) in [5.41, 5.74) is 0.663. The molecular weight excluding hydrogens is 253 g/mol. The number of hydrogen-bond acceptors (Lipinski definition) is 2. The first-order chi connectivity index (χ1) is 7.29. The first-order valence-corrected chi connectivity index (χ1v) is 7.00. The minimum absolute atomic E-state index is 0.0490. The second-order valence-electron chi connectivity index (χ2n) is 2.95. The summed E-state index contributed by atoms with van der Waals surface area (Å²) in [5, 5.41) is 0.0490. The average Bonchev–Trinajstić information content (AvgIpc) is 2.13. The SMILES string of the molecule is CC.Cc1cc(F)cc(Cl)c1NS(C)(=O)=O. The topological polar surface area (TPSA) is 46.2 Å². The summed E-state index contributed by atoms with van der Waals surface area (Å²) < 4.78 is 36.9. The fraction of sp³-hybridized carbons (Fsp3) is 0.400. The molecule has 0 saturated heterocycles. The van der Waals surface area contributed by atoms with Gasteiger partial charge in [-0.05, 0) is 24.6 Å². The molecule has 6 heteroatoms. The maximum Gasteiger partial charge on any atom is 0.229 e. The number of sulfonamides is 1. The van der Waals surface area contributed by atoms with Crippen LogP contribution in [0.1, 0.15) is 19.4 Å². The average molecular weight is 268 g/mol. The van der Waals surface area contributed by atoms with E-state index in [2.05, 4.69) is 4.72 Å². The number of benzene rings is 1. The molecule has 16 heavy (non-hydrogen) atoms. The van der Waals surface area contributed by atoms with Crippen molar-refractivity contribution in [2.45, 2.75) is 20.8 Å². The standard InChI is InChI=1S/C8H9ClFNO2S.C2H6/c1-5-3-6(10)4-7(9)8(5)11-14(2,12)13;1-2/h3-4,11H,1-2H3;1-2H3. The third kappa shape index (κ3) is 4.81. The number of anilines is 1. The van der Waals surface area contributed by atoms with E-state index in [-0.39, 0.29) is 10.7 Å². The van der Waals surface area contributed by atoms with Gasteiger partial charge in [0.2, 0.25) is 10.0 Å². The van der Waals surface area contributed by atoms with Crippen molar-refractivity contribution >= 4 is 27.3 Å². The van der Waals surface area contributed by atoms with Crippen LogP contribution in [0.25, 0.3) is 0 Å². The van der Waals surface area contributed by atoms with Crippen LogP contribution in [0.2, 0.25) is 5.02 Å². The molecule has 0 unspecified atom stereocenters. The van der Waals surface area contributed by atoms with Crippen LogP contribution in [0.15, 0.2) is 12.1 Å². The Hall–Kier alpha value is -0.810. The Morgan fingerprint density at radius 1 is 1.31 bits per heavy atom. The van der Waals surface area contributed by atoms with Gasteiger partial charge in [-0.15, -0.1) is 0 Å². The predicted molar refractivity (Wildman–Crippen MR) is 66.0 cm³/mol. The molecule has 0 saturated carbocycles. The first-order valence-electron chi connectivity index (χ1n) is 4.73. The quantitative estimate of drug-likeness (QED) is 0.895. The fourth-order valence-electron chi connectivity index (χ4n) is 1.02. The molecule has 3 nitrogen and oxygen atoms in total. The maximum atomic E-state index is 12.8. The molecule has 0 amide bonds. The van der Waals surface area contributed by atoms with E-state index in [9.17, 15) is 12.8 Å². The van der Waals surface area contributed by atoms with Crippen LogP contribution in [0.4, 0.5) is 10.1 Å². The van der Waals surface area contributed by atoms with E-state index in [1.807, 2.05) is 13.8 Å². The van der Waals surface area contributed by atoms with Gasteiger partial charge in [0.15, 0.2) is 0 Å². The van der Waals surface area contributed by atoms with Gasteiger partial charge >= 0.3 is 0 Å². The van der Waals surface area contributed by atoms with Crippen molar-refractivity contribution < 1.29 is 12.8 Å². The molecule has 0 aliphatic rings. The van der Waals surface area contributed by atoms with Gasteiger partial charge in [0.25, 0.3) is 0 Å². The molecule has 0 radical (unpaired) electrons. The summed E-state index contributed by atoms with van der Waals surface area (Å²) in [6, 6.07) is 2.27. The van der Waals surface area contributed by atoms with Crippen molar-refractivity contribution in [1.82, 2.24) is 0 Å². The van der Waals surface area contributed by atoms with Crippen molar-refractivity contribution in [3.05, 3.63) is 28.5 Å². The second kappa shape index (κ2) is 6.06. The van der Waals surface area contributed by atoms with E-state index in [0.29, 0.717) is 5.56 Å². The third-order valence-corrected chi connectivity index (χ3v) is 2.41. The molecule has 0 aromatic heterocycles. The van der Waals surface area contributed by atoms with Gasteiger partial charge in [-0.2, -0.15) is 0 Å². The monoisotopic (exact) mass is 267 g/mol. The first kappa shape index (κ1) is 15.2. The molecule has 0 aliphatic carbocycles. The zero-order chi connectivity index (χ0) is 12.9. The smallest absolute Gasteiger partial charge is 0.229 e. The highest BCUT2D eigenvalue weighted by atomic mass is 35.5. The van der Waals surface area contributed by atoms with Crippen LogP contribution in [-0.2, 0) is 10.0 Å². The van der Waals surface area contributed by atoms with Gasteiger partial charge in [-0.25, -0.2) is 12.8 Å². The molecule has 0 atom stereocenters. The number of nitrogens with one attached hydrogen (secondary N) is 1.